The molecule has 1 aromatic rings. The molecule has 0 amide bonds. The average molecular weight is 469 g/mol. The third-order valence-corrected chi connectivity index (χ3v) is 4.06. The van der Waals surface area contributed by atoms with E-state index in [2.05, 4.69) is 4.84 Å². The minimum Gasteiger partial charge on any atom is -0.492 e. The molecule has 168 valence electrons. The fourth-order valence-corrected chi connectivity index (χ4v) is 2.27. The van der Waals surface area contributed by atoms with Gasteiger partial charge in [0.15, 0.2) is 4.90 Å². The highest BCUT2D eigenvalue weighted by molar-refractivity contribution is 7.86. The molecule has 0 aliphatic carbocycles. The number of nitrogens with zero attached hydrogens (tertiary/aromatic N) is 1. The normalized spacial score (nSPS) is 14.1. The van der Waals surface area contributed by atoms with Crippen LogP contribution in [0.1, 0.15) is 12.8 Å². The molecule has 0 bridgehead atoms. The summed E-state index contributed by atoms with van der Waals surface area (Å²) in [6.45, 7) is 0. The standard InChI is InChI=1S/C11H8F9NO7S/c12-8(13,9(14,15)10(16,17)11(18,19)20)2-1-6(23)28-21-5(22)3-4(7(21)24)29(25,26)27/h3,22,24H,1-2H2,(H,25,26,27). The molecular weight excluding hydrogens is 461 g/mol. The number of halogens is 9. The fraction of sp³-hybridized carbons (Fsp3) is 0.545. The summed E-state index contributed by atoms with van der Waals surface area (Å²) in [5.74, 6) is -25.4. The molecule has 0 unspecified atom stereocenters. The maximum Gasteiger partial charge on any atom is 0.460 e. The van der Waals surface area contributed by atoms with E-state index < -0.39 is 74.3 Å². The molecule has 18 heteroatoms. The van der Waals surface area contributed by atoms with Crippen LogP contribution in [0.15, 0.2) is 11.0 Å². The molecule has 0 saturated heterocycles. The van der Waals surface area contributed by atoms with Crippen molar-refractivity contribution in [3.8, 4) is 11.8 Å². The minimum atomic E-state index is -7.16. The van der Waals surface area contributed by atoms with Gasteiger partial charge in [-0.25, -0.2) is 4.79 Å². The maximum absolute atomic E-state index is 13.3. The number of rotatable bonds is 7. The Labute approximate surface area is 153 Å². The summed E-state index contributed by atoms with van der Waals surface area (Å²) in [6.07, 6.45) is -11.6. The Morgan fingerprint density at radius 3 is 1.86 bits per heavy atom. The van der Waals surface area contributed by atoms with Crippen molar-refractivity contribution < 1.29 is 72.3 Å². The lowest BCUT2D eigenvalue weighted by Gasteiger charge is -2.33. The number of hydrogen-bond donors (Lipinski definition) is 3. The zero-order chi connectivity index (χ0) is 23.2. The summed E-state index contributed by atoms with van der Waals surface area (Å²) >= 11 is 0. The first-order valence-electron chi connectivity index (χ1n) is 6.69. The van der Waals surface area contributed by atoms with Gasteiger partial charge < -0.3 is 15.1 Å². The number of hydrogen-bond acceptors (Lipinski definition) is 6. The minimum absolute atomic E-state index is 0.102. The van der Waals surface area contributed by atoms with Crippen molar-refractivity contribution in [1.29, 1.82) is 0 Å². The van der Waals surface area contributed by atoms with Gasteiger partial charge >= 0.3 is 29.9 Å². The first kappa shape index (κ1) is 24.7. The van der Waals surface area contributed by atoms with Gasteiger partial charge in [-0.1, -0.05) is 0 Å². The highest BCUT2D eigenvalue weighted by Gasteiger charge is 2.81. The van der Waals surface area contributed by atoms with Gasteiger partial charge in [-0.15, -0.1) is 4.73 Å². The Balaban J connectivity index is 2.99. The van der Waals surface area contributed by atoms with Gasteiger partial charge in [0, 0.05) is 12.5 Å². The van der Waals surface area contributed by atoms with Gasteiger partial charge in [0.2, 0.25) is 5.88 Å². The lowest BCUT2D eigenvalue weighted by atomic mass is 10.00. The van der Waals surface area contributed by atoms with Gasteiger partial charge in [0.05, 0.1) is 6.42 Å². The monoisotopic (exact) mass is 469 g/mol. The lowest BCUT2D eigenvalue weighted by Crippen LogP contribution is -2.60. The third kappa shape index (κ3) is 4.46. The van der Waals surface area contributed by atoms with Crippen LogP contribution in [0, 0.1) is 0 Å². The SMILES string of the molecule is O=C(CCC(F)(F)C(F)(F)C(F)(F)C(F)(F)F)On1c(O)cc(S(=O)(=O)O)c1O. The number of carbonyl (C=O) groups is 1. The summed E-state index contributed by atoms with van der Waals surface area (Å²) in [7, 11) is -5.19. The molecule has 1 rings (SSSR count). The molecular formula is C11H8F9NO7S. The predicted molar refractivity (Wildman–Crippen MR) is 69.3 cm³/mol. The second-order valence-corrected chi connectivity index (χ2v) is 6.66. The predicted octanol–water partition coefficient (Wildman–Crippen LogP) is 2.35. The van der Waals surface area contributed by atoms with Gasteiger partial charge in [0.25, 0.3) is 16.0 Å². The summed E-state index contributed by atoms with van der Waals surface area (Å²) in [6, 6.07) is 0.102. The molecule has 3 N–H and O–H groups in total. The van der Waals surface area contributed by atoms with Crippen molar-refractivity contribution in [1.82, 2.24) is 4.73 Å². The third-order valence-electron chi connectivity index (χ3n) is 3.20. The fourth-order valence-electron chi connectivity index (χ4n) is 1.70. The number of alkyl halides is 9. The quantitative estimate of drug-likeness (QED) is 0.414. The maximum atomic E-state index is 13.3. The Morgan fingerprint density at radius 1 is 1.00 bits per heavy atom. The second kappa shape index (κ2) is 7.15. The zero-order valence-electron chi connectivity index (χ0n) is 13.2. The highest BCUT2D eigenvalue weighted by Crippen LogP contribution is 2.54. The van der Waals surface area contributed by atoms with Crippen LogP contribution in [0.5, 0.6) is 11.8 Å². The van der Waals surface area contributed by atoms with Crippen LogP contribution in [0.2, 0.25) is 0 Å². The van der Waals surface area contributed by atoms with Crippen LogP contribution >= 0.6 is 0 Å². The van der Waals surface area contributed by atoms with Gasteiger partial charge in [-0.2, -0.15) is 47.9 Å². The molecule has 0 aromatic carbocycles. The van der Waals surface area contributed by atoms with Crippen LogP contribution < -0.4 is 4.84 Å². The molecule has 0 radical (unpaired) electrons. The Morgan fingerprint density at radius 2 is 1.48 bits per heavy atom. The van der Waals surface area contributed by atoms with Crippen LogP contribution in [0.25, 0.3) is 0 Å². The van der Waals surface area contributed by atoms with E-state index in [1.165, 1.54) is 0 Å². The average Bonchev–Trinajstić information content (AvgIpc) is 2.79. The van der Waals surface area contributed by atoms with Crippen molar-refractivity contribution in [2.45, 2.75) is 41.7 Å². The molecule has 1 heterocycles. The van der Waals surface area contributed by atoms with Crippen molar-refractivity contribution in [2.24, 2.45) is 0 Å². The van der Waals surface area contributed by atoms with E-state index in [9.17, 15) is 62.9 Å². The molecule has 0 atom stereocenters. The van der Waals surface area contributed by atoms with Crippen LogP contribution in [-0.4, -0.2) is 57.8 Å². The molecule has 8 nitrogen and oxygen atoms in total. The summed E-state index contributed by atoms with van der Waals surface area (Å²) in [5, 5.41) is 18.6. The van der Waals surface area contributed by atoms with Crippen molar-refractivity contribution in [2.75, 3.05) is 0 Å². The number of aromatic hydroxyl groups is 2. The topological polar surface area (TPSA) is 126 Å². The molecule has 0 spiro atoms. The van der Waals surface area contributed by atoms with Crippen LogP contribution in [0.3, 0.4) is 0 Å². The smallest absolute Gasteiger partial charge is 0.460 e. The molecule has 0 aliphatic rings. The Hall–Kier alpha value is -2.37. The van der Waals surface area contributed by atoms with E-state index in [0.717, 1.165) is 0 Å². The summed E-state index contributed by atoms with van der Waals surface area (Å²) in [5.41, 5.74) is 0. The second-order valence-electron chi connectivity index (χ2n) is 5.27. The van der Waals surface area contributed by atoms with Crippen LogP contribution in [0.4, 0.5) is 39.5 Å². The van der Waals surface area contributed by atoms with E-state index in [-0.39, 0.29) is 6.07 Å². The number of carbonyl (C=O) groups excluding carboxylic acids is 1. The highest BCUT2D eigenvalue weighted by atomic mass is 32.2. The van der Waals surface area contributed by atoms with E-state index >= 15 is 0 Å². The molecule has 0 aliphatic heterocycles. The van der Waals surface area contributed by atoms with Gasteiger partial charge in [0.1, 0.15) is 0 Å². The van der Waals surface area contributed by atoms with E-state index in [1.807, 2.05) is 0 Å². The van der Waals surface area contributed by atoms with Crippen molar-refractivity contribution in [3.05, 3.63) is 6.07 Å². The first-order valence-corrected chi connectivity index (χ1v) is 8.13. The zero-order valence-corrected chi connectivity index (χ0v) is 14.0. The first-order chi connectivity index (χ1) is 12.7. The van der Waals surface area contributed by atoms with Crippen molar-refractivity contribution in [3.63, 3.8) is 0 Å². The van der Waals surface area contributed by atoms with Gasteiger partial charge in [-0.3, -0.25) is 4.55 Å². The Bertz CT molecular complexity index is 891. The summed E-state index contributed by atoms with van der Waals surface area (Å²) < 4.78 is 144. The van der Waals surface area contributed by atoms with Crippen molar-refractivity contribution >= 4 is 16.1 Å². The van der Waals surface area contributed by atoms with E-state index in [1.54, 1.807) is 0 Å². The molecule has 0 saturated carbocycles. The molecule has 1 aromatic heterocycles. The lowest BCUT2D eigenvalue weighted by molar-refractivity contribution is -0.396. The van der Waals surface area contributed by atoms with Gasteiger partial charge in [-0.05, 0) is 0 Å². The molecule has 29 heavy (non-hydrogen) atoms. The number of aromatic nitrogens is 1. The van der Waals surface area contributed by atoms with Crippen LogP contribution in [-0.2, 0) is 14.9 Å². The summed E-state index contributed by atoms with van der Waals surface area (Å²) in [4.78, 5) is 13.8. The van der Waals surface area contributed by atoms with E-state index in [4.69, 9.17) is 4.55 Å². The molecule has 0 fully saturated rings. The van der Waals surface area contributed by atoms with E-state index in [0.29, 0.717) is 0 Å². The largest absolute Gasteiger partial charge is 0.492 e. The Kier molecular flexibility index (Phi) is 6.08.